The molecule has 3 aliphatic rings. The zero-order valence-corrected chi connectivity index (χ0v) is 31.6. The van der Waals surface area contributed by atoms with E-state index in [2.05, 4.69) is 26.6 Å². The van der Waals surface area contributed by atoms with Gasteiger partial charge in [-0.05, 0) is 49.5 Å². The lowest BCUT2D eigenvalue weighted by Gasteiger charge is -2.34. The fourth-order valence-electron chi connectivity index (χ4n) is 7.26. The van der Waals surface area contributed by atoms with Gasteiger partial charge in [-0.15, -0.1) is 0 Å². The number of benzene rings is 1. The molecule has 0 radical (unpaired) electrons. The Morgan fingerprint density at radius 2 is 1.30 bits per heavy atom. The van der Waals surface area contributed by atoms with Crippen LogP contribution in [0, 0.1) is 11.8 Å². The molecule has 7 amide bonds. The number of aliphatic carboxylic acids is 1. The molecular formula is C38H55N7O9. The largest absolute Gasteiger partial charge is 0.481 e. The first-order valence-corrected chi connectivity index (χ1v) is 19.1. The molecule has 1 aromatic rings. The van der Waals surface area contributed by atoms with Crippen molar-refractivity contribution in [2.75, 3.05) is 19.6 Å². The first kappa shape index (κ1) is 41.7. The summed E-state index contributed by atoms with van der Waals surface area (Å²) in [6.45, 7) is 7.13. The van der Waals surface area contributed by atoms with Crippen molar-refractivity contribution in [2.24, 2.45) is 11.8 Å². The smallest absolute Gasteiger partial charge is 0.303 e. The molecule has 8 atom stereocenters. The van der Waals surface area contributed by atoms with Crippen LogP contribution >= 0.6 is 0 Å². The molecule has 16 heteroatoms. The predicted octanol–water partition coefficient (Wildman–Crippen LogP) is 0.237. The molecule has 0 aromatic heterocycles. The Hall–Kier alpha value is -5.02. The predicted molar refractivity (Wildman–Crippen MR) is 196 cm³/mol. The minimum absolute atomic E-state index is 0.116. The van der Waals surface area contributed by atoms with Crippen LogP contribution in [0.25, 0.3) is 0 Å². The van der Waals surface area contributed by atoms with Gasteiger partial charge in [0.2, 0.25) is 41.4 Å². The zero-order valence-electron chi connectivity index (χ0n) is 31.6. The summed E-state index contributed by atoms with van der Waals surface area (Å²) in [6, 6.07) is 2.57. The van der Waals surface area contributed by atoms with Gasteiger partial charge in [0.1, 0.15) is 36.3 Å². The van der Waals surface area contributed by atoms with E-state index in [9.17, 15) is 43.5 Å². The highest BCUT2D eigenvalue weighted by Gasteiger charge is 2.44. The van der Waals surface area contributed by atoms with E-state index >= 15 is 0 Å². The second kappa shape index (κ2) is 19.3. The Morgan fingerprint density at radius 1 is 0.722 bits per heavy atom. The number of carbonyl (C=O) groups excluding carboxylic acids is 7. The highest BCUT2D eigenvalue weighted by Crippen LogP contribution is 2.26. The molecule has 296 valence electrons. The van der Waals surface area contributed by atoms with Gasteiger partial charge in [0.15, 0.2) is 0 Å². The van der Waals surface area contributed by atoms with Crippen molar-refractivity contribution in [3.05, 3.63) is 35.9 Å². The van der Waals surface area contributed by atoms with Gasteiger partial charge in [0.05, 0.1) is 6.54 Å². The number of carboxylic acid groups (broad SMARTS) is 1. The Kier molecular flexibility index (Phi) is 15.0. The number of amides is 7. The number of fused-ring (bicyclic) bond motifs is 2. The first-order valence-electron chi connectivity index (χ1n) is 19.1. The Labute approximate surface area is 315 Å². The third-order valence-corrected chi connectivity index (χ3v) is 10.9. The van der Waals surface area contributed by atoms with E-state index in [0.717, 1.165) is 5.56 Å². The SMILES string of the molecule is CC[C@H](C)[C@@H]1NC(=O)CNC(=O)[C@H]([C@@H](C)CC)NC(=O)[C@H](CCC(=O)O)NC(=O)[C@@H]2CCCN2C(=O)[C@@H]2CCCN2C(=O)[C@H](Cc2ccccc2)NC1=O. The van der Waals surface area contributed by atoms with Crippen LogP contribution in [0.3, 0.4) is 0 Å². The summed E-state index contributed by atoms with van der Waals surface area (Å²) >= 11 is 0. The summed E-state index contributed by atoms with van der Waals surface area (Å²) in [4.78, 5) is 111. The van der Waals surface area contributed by atoms with E-state index < -0.39 is 102 Å². The molecular weight excluding hydrogens is 698 g/mol. The molecule has 6 N–H and O–H groups in total. The standard InChI is InChI=1S/C38H55N7O9/c1-5-22(3)31-35(51)39-21-29(46)42-32(23(4)6-2)36(52)41-26(20-24-12-8-7-9-13-24)37(53)45-19-11-15-28(45)38(54)44-18-10-14-27(44)34(50)40-25(33(49)43-31)16-17-30(47)48/h7-9,12-13,22-23,25-28,31-32H,5-6,10-11,14-21H2,1-4H3,(H,39,51)(H,40,50)(H,41,52)(H,42,46)(H,43,49)(H,47,48)/t22-,23-,25-,26-,27-,28-,31-,32-/m0/s1. The van der Waals surface area contributed by atoms with Crippen LogP contribution in [0.2, 0.25) is 0 Å². The van der Waals surface area contributed by atoms with Crippen LogP contribution in [0.4, 0.5) is 0 Å². The van der Waals surface area contributed by atoms with Crippen LogP contribution < -0.4 is 26.6 Å². The van der Waals surface area contributed by atoms with Crippen molar-refractivity contribution >= 4 is 47.3 Å². The van der Waals surface area contributed by atoms with Gasteiger partial charge in [-0.3, -0.25) is 38.4 Å². The van der Waals surface area contributed by atoms with Crippen molar-refractivity contribution in [3.63, 3.8) is 0 Å². The lowest BCUT2D eigenvalue weighted by molar-refractivity contribution is -0.148. The topological polar surface area (TPSA) is 223 Å². The third-order valence-electron chi connectivity index (χ3n) is 10.9. The molecule has 16 nitrogen and oxygen atoms in total. The van der Waals surface area contributed by atoms with E-state index in [-0.39, 0.29) is 38.3 Å². The van der Waals surface area contributed by atoms with Crippen molar-refractivity contribution < 1.29 is 43.5 Å². The first-order chi connectivity index (χ1) is 25.7. The van der Waals surface area contributed by atoms with Crippen molar-refractivity contribution in [1.82, 2.24) is 36.4 Å². The number of hydrogen-bond acceptors (Lipinski definition) is 8. The maximum Gasteiger partial charge on any atom is 0.303 e. The third kappa shape index (κ3) is 10.6. The van der Waals surface area contributed by atoms with Gasteiger partial charge < -0.3 is 41.5 Å². The van der Waals surface area contributed by atoms with Crippen LogP contribution in [0.15, 0.2) is 30.3 Å². The molecule has 3 heterocycles. The summed E-state index contributed by atoms with van der Waals surface area (Å²) in [6.07, 6.45) is 1.96. The lowest BCUT2D eigenvalue weighted by Crippen LogP contribution is -2.59. The lowest BCUT2D eigenvalue weighted by atomic mass is 9.96. The van der Waals surface area contributed by atoms with Gasteiger partial charge in [-0.2, -0.15) is 0 Å². The fourth-order valence-corrected chi connectivity index (χ4v) is 7.26. The van der Waals surface area contributed by atoms with Crippen molar-refractivity contribution in [2.45, 2.75) is 122 Å². The zero-order chi connectivity index (χ0) is 39.5. The number of carbonyl (C=O) groups is 8. The van der Waals surface area contributed by atoms with Crippen LogP contribution in [0.5, 0.6) is 0 Å². The van der Waals surface area contributed by atoms with Crippen LogP contribution in [-0.4, -0.2) is 118 Å². The summed E-state index contributed by atoms with van der Waals surface area (Å²) in [7, 11) is 0. The number of carboxylic acids is 1. The normalized spacial score (nSPS) is 27.7. The summed E-state index contributed by atoms with van der Waals surface area (Å²) in [5, 5.41) is 22.8. The Morgan fingerprint density at radius 3 is 1.91 bits per heavy atom. The summed E-state index contributed by atoms with van der Waals surface area (Å²) in [5.41, 5.74) is 0.767. The molecule has 3 fully saturated rings. The minimum atomic E-state index is -1.35. The maximum atomic E-state index is 14.4. The molecule has 0 spiro atoms. The van der Waals surface area contributed by atoms with E-state index in [4.69, 9.17) is 0 Å². The van der Waals surface area contributed by atoms with E-state index in [1.54, 1.807) is 13.8 Å². The average Bonchev–Trinajstić information content (AvgIpc) is 3.86. The molecule has 0 bridgehead atoms. The van der Waals surface area contributed by atoms with Gasteiger partial charge in [-0.1, -0.05) is 70.9 Å². The molecule has 3 aliphatic heterocycles. The number of nitrogens with one attached hydrogen (secondary N) is 5. The second-order valence-electron chi connectivity index (χ2n) is 14.6. The van der Waals surface area contributed by atoms with Crippen molar-refractivity contribution in [3.8, 4) is 0 Å². The number of hydrogen-bond donors (Lipinski definition) is 6. The van der Waals surface area contributed by atoms with Crippen molar-refractivity contribution in [1.29, 1.82) is 0 Å². The summed E-state index contributed by atoms with van der Waals surface area (Å²) in [5.74, 6) is -6.30. The monoisotopic (exact) mass is 753 g/mol. The number of nitrogens with zero attached hydrogens (tertiary/aromatic N) is 2. The van der Waals surface area contributed by atoms with Gasteiger partial charge >= 0.3 is 5.97 Å². The Balaban J connectivity index is 1.73. The summed E-state index contributed by atoms with van der Waals surface area (Å²) < 4.78 is 0. The average molecular weight is 754 g/mol. The number of rotatable bonds is 9. The molecule has 0 unspecified atom stereocenters. The highest BCUT2D eigenvalue weighted by atomic mass is 16.4. The van der Waals surface area contributed by atoms with Crippen LogP contribution in [0.1, 0.15) is 84.6 Å². The van der Waals surface area contributed by atoms with Gasteiger partial charge in [0.25, 0.3) is 0 Å². The quantitative estimate of drug-likeness (QED) is 0.203. The Bertz CT molecular complexity index is 1560. The molecule has 54 heavy (non-hydrogen) atoms. The minimum Gasteiger partial charge on any atom is -0.481 e. The van der Waals surface area contributed by atoms with E-state index in [0.29, 0.717) is 32.1 Å². The van der Waals surface area contributed by atoms with Crippen LogP contribution in [-0.2, 0) is 44.8 Å². The second-order valence-corrected chi connectivity index (χ2v) is 14.6. The van der Waals surface area contributed by atoms with Gasteiger partial charge in [-0.25, -0.2) is 0 Å². The van der Waals surface area contributed by atoms with E-state index in [1.807, 2.05) is 44.2 Å². The van der Waals surface area contributed by atoms with E-state index in [1.165, 1.54) is 9.80 Å². The molecule has 0 aliphatic carbocycles. The fraction of sp³-hybridized carbons (Fsp3) is 0.632. The highest BCUT2D eigenvalue weighted by molar-refractivity contribution is 5.98. The van der Waals surface area contributed by atoms with Gasteiger partial charge in [0, 0.05) is 25.9 Å². The molecule has 1 aromatic carbocycles. The molecule has 3 saturated heterocycles. The molecule has 0 saturated carbocycles. The molecule has 4 rings (SSSR count). The maximum absolute atomic E-state index is 14.4.